The molecule has 4 saturated carbocycles. The number of nitrogens with one attached hydrogen (secondary N) is 1. The number of rotatable bonds is 5. The van der Waals surface area contributed by atoms with E-state index in [-0.39, 0.29) is 79.2 Å². The maximum absolute atomic E-state index is 14.8. The number of allylic oxidation sites excluding steroid dienone is 2. The summed E-state index contributed by atoms with van der Waals surface area (Å²) in [6, 6.07) is 2.77. The van der Waals surface area contributed by atoms with Crippen LogP contribution in [0.5, 0.6) is 11.5 Å². The molecule has 9 N–H and O–H groups in total. The lowest BCUT2D eigenvalue weighted by Gasteiger charge is -2.64. The molecule has 1 spiro atoms. The minimum Gasteiger partial charge on any atom is -0.508 e. The van der Waals surface area contributed by atoms with Crippen molar-refractivity contribution < 1.29 is 50.4 Å². The Morgan fingerprint density at radius 1 is 0.964 bits per heavy atom. The van der Waals surface area contributed by atoms with Gasteiger partial charge in [-0.05, 0) is 103 Å². The monoisotopic (exact) mass is 763 g/mol. The molecule has 9 aliphatic rings. The summed E-state index contributed by atoms with van der Waals surface area (Å²) in [5.41, 5.74) is -5.95. The van der Waals surface area contributed by atoms with E-state index in [9.17, 15) is 45.6 Å². The summed E-state index contributed by atoms with van der Waals surface area (Å²) in [7, 11) is 0. The highest BCUT2D eigenvalue weighted by atomic mass is 16.6. The Kier molecular flexibility index (Phi) is 8.24. The van der Waals surface area contributed by atoms with E-state index in [1.165, 1.54) is 12.1 Å². The Bertz CT molecular complexity index is 1880. The average molecular weight is 764 g/mol. The first-order valence-corrected chi connectivity index (χ1v) is 20.9. The van der Waals surface area contributed by atoms with Crippen LogP contribution in [0.2, 0.25) is 0 Å². The molecule has 5 fully saturated rings. The van der Waals surface area contributed by atoms with Gasteiger partial charge < -0.3 is 50.9 Å². The molecule has 1 aromatic rings. The second-order valence-electron chi connectivity index (χ2n) is 19.9. The van der Waals surface area contributed by atoms with Gasteiger partial charge in [-0.25, -0.2) is 0 Å². The standard InChI is InChI=1S/C44H61NO10/c1-6-45-21-23-18-38(3)10-8-27(23)44(37(51)22(38)2)42(53,13-14-46)36-32(55-44)19-43(54)29-17-31(49)35-34-26-15-24(47)16-30(48)25(26)7-12-41(34,52)33(50)20-39(35,4)28(29)9-11-40(36,43)5/h15-18,22,27-28,32-37,45-48,50-54H,6-14,19-21H2,1-5H3/t22-,27+,28-,32+,33+,34+,35+,36-,37+,38+,39-,40-,41-,42-,43+,44+/m1/s1. The number of carbonyl (C=O) groups is 1. The number of ketones is 1. The van der Waals surface area contributed by atoms with Gasteiger partial charge >= 0.3 is 0 Å². The second-order valence-corrected chi connectivity index (χ2v) is 19.9. The first kappa shape index (κ1) is 38.2. The van der Waals surface area contributed by atoms with Crippen LogP contribution in [0.1, 0.15) is 103 Å². The molecule has 55 heavy (non-hydrogen) atoms. The Morgan fingerprint density at radius 3 is 2.40 bits per heavy atom. The van der Waals surface area contributed by atoms with Gasteiger partial charge in [0.1, 0.15) is 22.7 Å². The first-order valence-electron chi connectivity index (χ1n) is 20.9. The number of aliphatic hydroxyl groups excluding tert-OH is 3. The molecule has 2 bridgehead atoms. The fourth-order valence-corrected chi connectivity index (χ4v) is 15.1. The summed E-state index contributed by atoms with van der Waals surface area (Å²) in [6.45, 7) is 11.2. The lowest BCUT2D eigenvalue weighted by Crippen LogP contribution is -2.70. The van der Waals surface area contributed by atoms with Crippen LogP contribution in [-0.2, 0) is 16.0 Å². The zero-order chi connectivity index (χ0) is 39.5. The minimum atomic E-state index is -1.73. The van der Waals surface area contributed by atoms with E-state index in [1.807, 2.05) is 27.7 Å². The summed E-state index contributed by atoms with van der Waals surface area (Å²) >= 11 is 0. The summed E-state index contributed by atoms with van der Waals surface area (Å²) in [6.07, 6.45) is 4.03. The maximum atomic E-state index is 14.8. The quantitative estimate of drug-likeness (QED) is 0.200. The Morgan fingerprint density at radius 2 is 1.69 bits per heavy atom. The number of aromatic hydroxyl groups is 2. The molecule has 8 aliphatic carbocycles. The number of phenols is 2. The number of carbonyl (C=O) groups excluding carboxylic acids is 1. The largest absolute Gasteiger partial charge is 0.508 e. The van der Waals surface area contributed by atoms with Crippen LogP contribution in [0.25, 0.3) is 0 Å². The van der Waals surface area contributed by atoms with Crippen molar-refractivity contribution in [3.63, 3.8) is 0 Å². The van der Waals surface area contributed by atoms with Crippen molar-refractivity contribution in [2.75, 3.05) is 19.7 Å². The third kappa shape index (κ3) is 4.42. The van der Waals surface area contributed by atoms with E-state index >= 15 is 0 Å². The third-order valence-corrected chi connectivity index (χ3v) is 17.9. The molecule has 0 amide bonds. The average Bonchev–Trinajstić information content (AvgIpc) is 3.46. The molecule has 1 saturated heterocycles. The third-order valence-electron chi connectivity index (χ3n) is 17.9. The highest BCUT2D eigenvalue weighted by molar-refractivity contribution is 5.96. The van der Waals surface area contributed by atoms with Crippen molar-refractivity contribution in [3.05, 3.63) is 46.6 Å². The Labute approximate surface area is 323 Å². The van der Waals surface area contributed by atoms with Gasteiger partial charge in [0, 0.05) is 61.1 Å². The fraction of sp³-hybridized carbons (Fsp3) is 0.750. The highest BCUT2D eigenvalue weighted by Gasteiger charge is 2.82. The summed E-state index contributed by atoms with van der Waals surface area (Å²) in [5.74, 6) is -3.88. The second kappa shape index (κ2) is 11.9. The number of ether oxygens (including phenoxy) is 1. The molecule has 0 aromatic heterocycles. The van der Waals surface area contributed by atoms with Gasteiger partial charge in [-0.15, -0.1) is 0 Å². The Hall–Kier alpha value is -2.35. The molecular formula is C44H61NO10. The molecule has 302 valence electrons. The summed E-state index contributed by atoms with van der Waals surface area (Å²) in [4.78, 5) is 14.8. The van der Waals surface area contributed by atoms with Crippen LogP contribution in [0, 0.1) is 45.8 Å². The number of hydrogen-bond acceptors (Lipinski definition) is 11. The predicted molar refractivity (Wildman–Crippen MR) is 202 cm³/mol. The molecule has 0 unspecified atom stereocenters. The van der Waals surface area contributed by atoms with Crippen molar-refractivity contribution in [2.24, 2.45) is 45.8 Å². The van der Waals surface area contributed by atoms with Crippen molar-refractivity contribution in [3.8, 4) is 11.5 Å². The van der Waals surface area contributed by atoms with Gasteiger partial charge in [0.25, 0.3) is 0 Å². The van der Waals surface area contributed by atoms with Crippen LogP contribution in [-0.4, -0.2) is 107 Å². The van der Waals surface area contributed by atoms with Crippen LogP contribution < -0.4 is 5.32 Å². The van der Waals surface area contributed by atoms with Gasteiger partial charge in [0.2, 0.25) is 0 Å². The SMILES string of the molecule is CCNCC1=C[C@]2(C)CC[C@@H]1[C@]1(O[C@H]3C[C@]4(O)C5=CC(=O)[C@H]6[C@@H]7c8cc(O)cc(O)c8CC[C@@]7(O)[C@@H](O)C[C@]6(C)[C@@H]5CC[C@]4(C)[C@@H]3[C@]1(O)CCO)[C@@H](O)[C@H]2C. The van der Waals surface area contributed by atoms with Gasteiger partial charge in [-0.3, -0.25) is 4.79 Å². The number of fused-ring (bicyclic) bond motifs is 13. The summed E-state index contributed by atoms with van der Waals surface area (Å²) < 4.78 is 7.28. The van der Waals surface area contributed by atoms with Crippen molar-refractivity contribution in [1.82, 2.24) is 5.32 Å². The van der Waals surface area contributed by atoms with E-state index < -0.39 is 69.3 Å². The van der Waals surface area contributed by atoms with Crippen molar-refractivity contribution in [1.29, 1.82) is 0 Å². The Balaban J connectivity index is 1.15. The normalized spacial score (nSPS) is 52.0. The van der Waals surface area contributed by atoms with Gasteiger partial charge in [-0.2, -0.15) is 0 Å². The number of phenolic OH excluding ortho intramolecular Hbond substituents is 2. The van der Waals surface area contributed by atoms with Crippen LogP contribution >= 0.6 is 0 Å². The van der Waals surface area contributed by atoms with Gasteiger partial charge in [0.05, 0.1) is 29.5 Å². The molecule has 11 nitrogen and oxygen atoms in total. The molecule has 0 radical (unpaired) electrons. The number of benzene rings is 1. The molecule has 16 atom stereocenters. The fourth-order valence-electron chi connectivity index (χ4n) is 15.1. The number of aliphatic hydroxyl groups is 6. The number of likely N-dealkylation sites (N-methyl/N-ethyl adjacent to an activating group) is 1. The molecule has 1 aliphatic heterocycles. The smallest absolute Gasteiger partial charge is 0.160 e. The molecule has 1 heterocycles. The lowest BCUT2D eigenvalue weighted by molar-refractivity contribution is -0.246. The molecule has 10 rings (SSSR count). The molecular weight excluding hydrogens is 702 g/mol. The van der Waals surface area contributed by atoms with E-state index in [1.54, 1.807) is 6.08 Å². The van der Waals surface area contributed by atoms with E-state index in [0.717, 1.165) is 18.5 Å². The zero-order valence-electron chi connectivity index (χ0n) is 32.9. The van der Waals surface area contributed by atoms with Crippen molar-refractivity contribution >= 4 is 5.78 Å². The summed E-state index contributed by atoms with van der Waals surface area (Å²) in [5, 5.41) is 99.1. The molecule has 11 heteroatoms. The topological polar surface area (TPSA) is 200 Å². The van der Waals surface area contributed by atoms with E-state index in [4.69, 9.17) is 4.74 Å². The van der Waals surface area contributed by atoms with Gasteiger partial charge in [-0.1, -0.05) is 46.3 Å². The first-order chi connectivity index (χ1) is 25.8. The molecule has 1 aromatic carbocycles. The minimum absolute atomic E-state index is 0.0436. The highest BCUT2D eigenvalue weighted by Crippen LogP contribution is 2.76. The zero-order valence-corrected chi connectivity index (χ0v) is 32.9. The predicted octanol–water partition coefficient (Wildman–Crippen LogP) is 3.14. The van der Waals surface area contributed by atoms with Crippen LogP contribution in [0.15, 0.2) is 35.4 Å². The maximum Gasteiger partial charge on any atom is 0.160 e. The van der Waals surface area contributed by atoms with E-state index in [0.29, 0.717) is 42.5 Å². The lowest BCUT2D eigenvalue weighted by atomic mass is 9.41. The van der Waals surface area contributed by atoms with Gasteiger partial charge in [0.15, 0.2) is 5.78 Å². The van der Waals surface area contributed by atoms with E-state index in [2.05, 4.69) is 18.3 Å². The van der Waals surface area contributed by atoms with Crippen LogP contribution in [0.3, 0.4) is 0 Å². The van der Waals surface area contributed by atoms with Crippen LogP contribution in [0.4, 0.5) is 0 Å². The number of hydrogen-bond donors (Lipinski definition) is 9. The van der Waals surface area contributed by atoms with Crippen molar-refractivity contribution in [2.45, 2.75) is 139 Å².